The lowest BCUT2D eigenvalue weighted by Gasteiger charge is -2.21. The highest BCUT2D eigenvalue weighted by atomic mass is 32.2. The van der Waals surface area contributed by atoms with E-state index < -0.39 is 28.5 Å². The molecule has 0 saturated carbocycles. The van der Waals surface area contributed by atoms with E-state index in [9.17, 15) is 18.0 Å². The second-order valence-corrected chi connectivity index (χ2v) is 9.02. The number of amides is 1. The molecule has 8 heteroatoms. The van der Waals surface area contributed by atoms with Crippen molar-refractivity contribution in [1.82, 2.24) is 4.31 Å². The molecule has 1 aromatic rings. The molecule has 1 aromatic carbocycles. The predicted molar refractivity (Wildman–Crippen MR) is 103 cm³/mol. The molecule has 1 saturated heterocycles. The first-order valence-corrected chi connectivity index (χ1v) is 10.7. The van der Waals surface area contributed by atoms with E-state index in [1.807, 2.05) is 0 Å². The monoisotopic (exact) mass is 396 g/mol. The van der Waals surface area contributed by atoms with E-state index in [1.165, 1.54) is 10.4 Å². The van der Waals surface area contributed by atoms with Crippen LogP contribution in [0.4, 0.5) is 5.69 Å². The average molecular weight is 397 g/mol. The molecule has 0 aromatic heterocycles. The van der Waals surface area contributed by atoms with Crippen molar-refractivity contribution >= 4 is 27.6 Å². The molecule has 0 unspecified atom stereocenters. The van der Waals surface area contributed by atoms with Gasteiger partial charge in [-0.05, 0) is 37.5 Å². The third-order valence-corrected chi connectivity index (χ3v) is 6.51. The molecule has 1 amide bonds. The minimum atomic E-state index is -3.61. The highest BCUT2D eigenvalue weighted by Crippen LogP contribution is 2.25. The molecule has 1 fully saturated rings. The number of aryl methyl sites for hydroxylation is 1. The minimum absolute atomic E-state index is 0.196. The Kier molecular flexibility index (Phi) is 7.38. The van der Waals surface area contributed by atoms with Gasteiger partial charge >= 0.3 is 5.97 Å². The number of ether oxygens (including phenoxy) is 1. The molecule has 150 valence electrons. The van der Waals surface area contributed by atoms with Gasteiger partial charge in [0.15, 0.2) is 6.61 Å². The summed E-state index contributed by atoms with van der Waals surface area (Å²) in [6.07, 6.45) is 3.79. The summed E-state index contributed by atoms with van der Waals surface area (Å²) >= 11 is 0. The fraction of sp³-hybridized carbons (Fsp3) is 0.579. The molecule has 27 heavy (non-hydrogen) atoms. The SMILES string of the molecule is Cc1ccc(NC(=O)COC(=O)C(C)C)cc1S(=O)(=O)N1CCCCCC1. The van der Waals surface area contributed by atoms with Gasteiger partial charge in [0.2, 0.25) is 10.0 Å². The molecule has 1 N–H and O–H groups in total. The molecule has 0 bridgehead atoms. The molecule has 2 rings (SSSR count). The van der Waals surface area contributed by atoms with Crippen LogP contribution in [0.25, 0.3) is 0 Å². The summed E-state index contributed by atoms with van der Waals surface area (Å²) in [6, 6.07) is 4.77. The van der Waals surface area contributed by atoms with Gasteiger partial charge in [-0.2, -0.15) is 4.31 Å². The number of hydrogen-bond acceptors (Lipinski definition) is 5. The number of esters is 1. The molecular formula is C19H28N2O5S. The smallest absolute Gasteiger partial charge is 0.308 e. The van der Waals surface area contributed by atoms with Crippen LogP contribution >= 0.6 is 0 Å². The Morgan fingerprint density at radius 1 is 1.15 bits per heavy atom. The molecule has 1 aliphatic heterocycles. The number of carbonyl (C=O) groups excluding carboxylic acids is 2. The molecule has 0 aliphatic carbocycles. The second-order valence-electron chi connectivity index (χ2n) is 7.11. The van der Waals surface area contributed by atoms with E-state index in [1.54, 1.807) is 32.9 Å². The topological polar surface area (TPSA) is 92.8 Å². The first-order chi connectivity index (χ1) is 12.7. The highest BCUT2D eigenvalue weighted by molar-refractivity contribution is 7.89. The summed E-state index contributed by atoms with van der Waals surface area (Å²) in [6.45, 7) is 5.73. The quantitative estimate of drug-likeness (QED) is 0.746. The van der Waals surface area contributed by atoms with Crippen molar-refractivity contribution in [2.24, 2.45) is 5.92 Å². The van der Waals surface area contributed by atoms with Crippen molar-refractivity contribution in [2.45, 2.75) is 51.3 Å². The normalized spacial score (nSPS) is 16.0. The van der Waals surface area contributed by atoms with Crippen LogP contribution in [-0.2, 0) is 24.3 Å². The zero-order valence-electron chi connectivity index (χ0n) is 16.2. The number of carbonyl (C=O) groups is 2. The molecule has 0 atom stereocenters. The van der Waals surface area contributed by atoms with Gasteiger partial charge in [-0.3, -0.25) is 9.59 Å². The van der Waals surface area contributed by atoms with Crippen LogP contribution in [0.15, 0.2) is 23.1 Å². The maximum atomic E-state index is 13.0. The summed E-state index contributed by atoms with van der Waals surface area (Å²) in [5, 5.41) is 2.59. The van der Waals surface area contributed by atoms with Crippen molar-refractivity contribution in [1.29, 1.82) is 0 Å². The zero-order valence-corrected chi connectivity index (χ0v) is 17.0. The molecule has 0 radical (unpaired) electrons. The number of rotatable bonds is 6. The van der Waals surface area contributed by atoms with Crippen LogP contribution in [0, 0.1) is 12.8 Å². The maximum absolute atomic E-state index is 13.0. The van der Waals surface area contributed by atoms with E-state index in [0.29, 0.717) is 24.3 Å². The third kappa shape index (κ3) is 5.77. The first-order valence-electron chi connectivity index (χ1n) is 9.29. The number of nitrogens with zero attached hydrogens (tertiary/aromatic N) is 1. The Morgan fingerprint density at radius 2 is 1.78 bits per heavy atom. The molecule has 7 nitrogen and oxygen atoms in total. The van der Waals surface area contributed by atoms with Gasteiger partial charge in [-0.25, -0.2) is 8.42 Å². The van der Waals surface area contributed by atoms with Gasteiger partial charge in [0, 0.05) is 18.8 Å². The Bertz CT molecular complexity index is 781. The number of nitrogens with one attached hydrogen (secondary N) is 1. The van der Waals surface area contributed by atoms with E-state index in [4.69, 9.17) is 4.74 Å². The van der Waals surface area contributed by atoms with Gasteiger partial charge in [0.25, 0.3) is 5.91 Å². The average Bonchev–Trinajstić information content (AvgIpc) is 2.91. The van der Waals surface area contributed by atoms with Crippen molar-refractivity contribution in [3.05, 3.63) is 23.8 Å². The second kappa shape index (κ2) is 9.32. The molecule has 1 heterocycles. The highest BCUT2D eigenvalue weighted by Gasteiger charge is 2.27. The molecule has 1 aliphatic rings. The Hall–Kier alpha value is -1.93. The van der Waals surface area contributed by atoms with Crippen LogP contribution in [0.3, 0.4) is 0 Å². The molecule has 0 spiro atoms. The predicted octanol–water partition coefficient (Wildman–Crippen LogP) is 2.70. The Morgan fingerprint density at radius 3 is 2.37 bits per heavy atom. The van der Waals surface area contributed by atoms with Gasteiger partial charge < -0.3 is 10.1 Å². The van der Waals surface area contributed by atoms with Gasteiger partial charge in [-0.15, -0.1) is 0 Å². The lowest BCUT2D eigenvalue weighted by molar-refractivity contribution is -0.150. The fourth-order valence-corrected chi connectivity index (χ4v) is 4.65. The van der Waals surface area contributed by atoms with E-state index >= 15 is 0 Å². The number of anilines is 1. The summed E-state index contributed by atoms with van der Waals surface area (Å²) in [4.78, 5) is 23.6. The number of benzene rings is 1. The number of hydrogen-bond donors (Lipinski definition) is 1. The third-order valence-electron chi connectivity index (χ3n) is 4.47. The Labute approximate surface area is 161 Å². The van der Waals surface area contributed by atoms with Crippen molar-refractivity contribution in [3.8, 4) is 0 Å². The van der Waals surface area contributed by atoms with Crippen LogP contribution in [-0.4, -0.2) is 44.3 Å². The maximum Gasteiger partial charge on any atom is 0.308 e. The summed E-state index contributed by atoms with van der Waals surface area (Å²) in [5.41, 5.74) is 0.989. The van der Waals surface area contributed by atoms with Crippen LogP contribution in [0.1, 0.15) is 45.1 Å². The first kappa shape index (κ1) is 21.4. The van der Waals surface area contributed by atoms with Crippen LogP contribution in [0.2, 0.25) is 0 Å². The summed E-state index contributed by atoms with van der Waals surface area (Å²) < 4.78 is 32.5. The largest absolute Gasteiger partial charge is 0.455 e. The fourth-order valence-electron chi connectivity index (χ4n) is 2.88. The summed E-state index contributed by atoms with van der Waals surface area (Å²) in [5.74, 6) is -1.29. The van der Waals surface area contributed by atoms with Crippen molar-refractivity contribution in [3.63, 3.8) is 0 Å². The van der Waals surface area contributed by atoms with E-state index in [0.717, 1.165) is 25.7 Å². The van der Waals surface area contributed by atoms with Crippen LogP contribution in [0.5, 0.6) is 0 Å². The standard InChI is InChI=1S/C19H28N2O5S/c1-14(2)19(23)26-13-18(22)20-16-9-8-15(3)17(12-16)27(24,25)21-10-6-4-5-7-11-21/h8-9,12,14H,4-7,10-11,13H2,1-3H3,(H,20,22). The zero-order chi connectivity index (χ0) is 20.0. The van der Waals surface area contributed by atoms with Crippen molar-refractivity contribution in [2.75, 3.05) is 25.0 Å². The molecular weight excluding hydrogens is 368 g/mol. The number of sulfonamides is 1. The van der Waals surface area contributed by atoms with E-state index in [-0.39, 0.29) is 10.8 Å². The lowest BCUT2D eigenvalue weighted by atomic mass is 10.2. The van der Waals surface area contributed by atoms with Crippen LogP contribution < -0.4 is 5.32 Å². The van der Waals surface area contributed by atoms with Gasteiger partial charge in [-0.1, -0.05) is 32.8 Å². The minimum Gasteiger partial charge on any atom is -0.455 e. The summed E-state index contributed by atoms with van der Waals surface area (Å²) in [7, 11) is -3.61. The van der Waals surface area contributed by atoms with Gasteiger partial charge in [0.05, 0.1) is 10.8 Å². The Balaban J connectivity index is 2.13. The van der Waals surface area contributed by atoms with Gasteiger partial charge in [0.1, 0.15) is 0 Å². The van der Waals surface area contributed by atoms with E-state index in [2.05, 4.69) is 5.32 Å². The lowest BCUT2D eigenvalue weighted by Crippen LogP contribution is -2.32. The van der Waals surface area contributed by atoms with Crippen molar-refractivity contribution < 1.29 is 22.7 Å².